The molecule has 0 spiro atoms. The molecule has 49 heavy (non-hydrogen) atoms. The van der Waals surface area contributed by atoms with E-state index in [1.807, 2.05) is 23.5 Å². The lowest BCUT2D eigenvalue weighted by Gasteiger charge is -2.55. The lowest BCUT2D eigenvalue weighted by Crippen LogP contribution is -2.60. The molecule has 0 amide bonds. The first-order valence-electron chi connectivity index (χ1n) is 17.8. The average molecular weight is 672 g/mol. The van der Waals surface area contributed by atoms with Crippen LogP contribution in [0.2, 0.25) is 11.6 Å². The lowest BCUT2D eigenvalue weighted by atomic mass is 9.25. The van der Waals surface area contributed by atoms with Crippen molar-refractivity contribution < 1.29 is 0 Å². The maximum Gasteiger partial charge on any atom is 0.198 e. The van der Waals surface area contributed by atoms with Crippen molar-refractivity contribution in [1.29, 1.82) is 0 Å². The molecule has 5 atom stereocenters. The van der Waals surface area contributed by atoms with Gasteiger partial charge in [0.2, 0.25) is 0 Å². The van der Waals surface area contributed by atoms with E-state index in [9.17, 15) is 0 Å². The van der Waals surface area contributed by atoms with Crippen molar-refractivity contribution >= 4 is 58.4 Å². The number of nitrogens with zero attached hydrogens (tertiary/aromatic N) is 2. The molecule has 3 aliphatic heterocycles. The molecule has 0 aromatic heterocycles. The third kappa shape index (κ3) is 4.82. The smallest absolute Gasteiger partial charge is 0.198 e. The molecule has 240 valence electrons. The Balaban J connectivity index is 1.24. The summed E-state index contributed by atoms with van der Waals surface area (Å²) in [6.45, 7) is 2.81. The van der Waals surface area contributed by atoms with Gasteiger partial charge in [-0.2, -0.15) is 0 Å². The standard InChI is InChI=1S/C43H38BN3S2/c1-28-32-18-12-24-38(28)48-39-22-10-8-20-34(39)45-35-26-31(46(29-14-4-2-5-15-29)30-16-6-3-7-17-30)27-37-42(35)44(32)33-19-13-25-41-43(33)47(37)36-21-9-11-23-40(36)49-41/h2,4-6,8-26,28,31-32,37,42,45H,3,7,27H2,1H3. The van der Waals surface area contributed by atoms with Gasteiger partial charge in [-0.1, -0.05) is 121 Å². The molecule has 4 aromatic rings. The summed E-state index contributed by atoms with van der Waals surface area (Å²) >= 11 is 3.89. The van der Waals surface area contributed by atoms with Crippen molar-refractivity contribution in [3.63, 3.8) is 0 Å². The van der Waals surface area contributed by atoms with E-state index in [0.29, 0.717) is 18.4 Å². The monoisotopic (exact) mass is 671 g/mol. The highest BCUT2D eigenvalue weighted by molar-refractivity contribution is 8.03. The van der Waals surface area contributed by atoms with E-state index in [-0.39, 0.29) is 17.9 Å². The molecule has 5 unspecified atom stereocenters. The van der Waals surface area contributed by atoms with Gasteiger partial charge >= 0.3 is 0 Å². The third-order valence-corrected chi connectivity index (χ3v) is 13.8. The van der Waals surface area contributed by atoms with Gasteiger partial charge in [0.25, 0.3) is 0 Å². The normalized spacial score (nSPS) is 25.7. The Hall–Kier alpha value is -4.26. The molecule has 0 fully saturated rings. The quantitative estimate of drug-likeness (QED) is 0.218. The summed E-state index contributed by atoms with van der Waals surface area (Å²) in [5.74, 6) is 1.07. The number of anilines is 4. The summed E-state index contributed by atoms with van der Waals surface area (Å²) in [6.07, 6.45) is 20.2. The van der Waals surface area contributed by atoms with Crippen LogP contribution >= 0.6 is 23.5 Å². The predicted octanol–water partition coefficient (Wildman–Crippen LogP) is 10.8. The van der Waals surface area contributed by atoms with E-state index in [4.69, 9.17) is 0 Å². The van der Waals surface area contributed by atoms with Gasteiger partial charge in [-0.15, -0.1) is 0 Å². The summed E-state index contributed by atoms with van der Waals surface area (Å²) in [6, 6.07) is 36.6. The van der Waals surface area contributed by atoms with Crippen molar-refractivity contribution in [2.75, 3.05) is 15.1 Å². The highest BCUT2D eigenvalue weighted by atomic mass is 32.2. The van der Waals surface area contributed by atoms with Crippen LogP contribution in [-0.2, 0) is 0 Å². The molecule has 3 nitrogen and oxygen atoms in total. The Morgan fingerprint density at radius 1 is 0.837 bits per heavy atom. The van der Waals surface area contributed by atoms with Crippen LogP contribution < -0.4 is 20.6 Å². The number of rotatable bonds is 3. The summed E-state index contributed by atoms with van der Waals surface area (Å²) in [5, 5.41) is 4.17. The molecule has 6 heteroatoms. The van der Waals surface area contributed by atoms with E-state index in [1.165, 1.54) is 59.2 Å². The maximum atomic E-state index is 4.17. The molecule has 6 aliphatic rings. The second kappa shape index (κ2) is 12.0. The van der Waals surface area contributed by atoms with Crippen LogP contribution in [-0.4, -0.2) is 18.8 Å². The van der Waals surface area contributed by atoms with E-state index >= 15 is 0 Å². The average Bonchev–Trinajstić information content (AvgIpc) is 3.14. The highest BCUT2D eigenvalue weighted by Crippen LogP contribution is 2.58. The topological polar surface area (TPSA) is 18.5 Å². The Kier molecular flexibility index (Phi) is 7.24. The fourth-order valence-corrected chi connectivity index (χ4v) is 11.5. The van der Waals surface area contributed by atoms with E-state index in [2.05, 4.69) is 162 Å². The summed E-state index contributed by atoms with van der Waals surface area (Å²) in [7, 11) is 0. The molecule has 3 aliphatic carbocycles. The Morgan fingerprint density at radius 3 is 2.53 bits per heavy atom. The summed E-state index contributed by atoms with van der Waals surface area (Å²) < 4.78 is 0. The minimum absolute atomic E-state index is 0.161. The number of benzene rings is 4. The minimum atomic E-state index is 0.161. The van der Waals surface area contributed by atoms with Crippen molar-refractivity contribution in [3.05, 3.63) is 156 Å². The molecule has 0 radical (unpaired) electrons. The molecule has 4 aromatic carbocycles. The summed E-state index contributed by atoms with van der Waals surface area (Å²) in [4.78, 5) is 10.9. The Bertz CT molecular complexity index is 2120. The number of hydrogen-bond acceptors (Lipinski definition) is 5. The van der Waals surface area contributed by atoms with Gasteiger partial charge in [-0.3, -0.25) is 0 Å². The van der Waals surface area contributed by atoms with Crippen LogP contribution in [0.4, 0.5) is 22.7 Å². The van der Waals surface area contributed by atoms with Gasteiger partial charge in [0.05, 0.1) is 17.4 Å². The van der Waals surface area contributed by atoms with E-state index < -0.39 is 0 Å². The van der Waals surface area contributed by atoms with Gasteiger partial charge in [0.1, 0.15) is 0 Å². The molecule has 1 N–H and O–H groups in total. The van der Waals surface area contributed by atoms with Crippen molar-refractivity contribution in [2.45, 2.75) is 64.6 Å². The van der Waals surface area contributed by atoms with Crippen LogP contribution in [0, 0.1) is 5.92 Å². The van der Waals surface area contributed by atoms with Crippen molar-refractivity contribution in [3.8, 4) is 0 Å². The fourth-order valence-electron chi connectivity index (χ4n) is 9.29. The second-order valence-corrected chi connectivity index (χ2v) is 16.2. The first-order chi connectivity index (χ1) is 24.2. The van der Waals surface area contributed by atoms with Gasteiger partial charge in [0.15, 0.2) is 6.71 Å². The lowest BCUT2D eigenvalue weighted by molar-refractivity contribution is 0.502. The minimum Gasteiger partial charge on any atom is -0.359 e. The van der Waals surface area contributed by atoms with Crippen molar-refractivity contribution in [2.24, 2.45) is 5.92 Å². The number of nitrogens with one attached hydrogen (secondary N) is 1. The van der Waals surface area contributed by atoms with Crippen LogP contribution in [0.1, 0.15) is 26.2 Å². The van der Waals surface area contributed by atoms with Gasteiger partial charge in [-0.25, -0.2) is 0 Å². The number of allylic oxidation sites excluding steroid dienone is 7. The molecule has 0 saturated heterocycles. The molecular formula is C43H38BN3S2. The van der Waals surface area contributed by atoms with Gasteiger partial charge in [0, 0.05) is 49.3 Å². The van der Waals surface area contributed by atoms with Gasteiger partial charge in [-0.05, 0) is 90.5 Å². The zero-order valence-corrected chi connectivity index (χ0v) is 29.2. The number of fused-ring (bicyclic) bond motifs is 8. The zero-order chi connectivity index (χ0) is 32.5. The maximum absolute atomic E-state index is 4.17. The van der Waals surface area contributed by atoms with E-state index in [1.54, 1.807) is 0 Å². The molecule has 2 bridgehead atoms. The number of thioether (sulfide) groups is 1. The third-order valence-electron chi connectivity index (χ3n) is 11.4. The van der Waals surface area contributed by atoms with Crippen molar-refractivity contribution in [1.82, 2.24) is 0 Å². The first-order valence-corrected chi connectivity index (χ1v) is 19.4. The van der Waals surface area contributed by atoms with Crippen LogP contribution in [0.5, 0.6) is 0 Å². The van der Waals surface area contributed by atoms with Crippen LogP contribution in [0.25, 0.3) is 0 Å². The molecule has 10 rings (SSSR count). The highest BCUT2D eigenvalue weighted by Gasteiger charge is 2.54. The fraction of sp³-hybridized carbons (Fsp3) is 0.209. The Labute approximate surface area is 298 Å². The second-order valence-electron chi connectivity index (χ2n) is 14.0. The summed E-state index contributed by atoms with van der Waals surface area (Å²) in [5.41, 5.74) is 9.38. The molecule has 0 saturated carbocycles. The number of hydrogen-bond donors (Lipinski definition) is 1. The van der Waals surface area contributed by atoms with Gasteiger partial charge < -0.3 is 15.1 Å². The molecule has 3 heterocycles. The van der Waals surface area contributed by atoms with E-state index in [0.717, 1.165) is 19.3 Å². The number of para-hydroxylation sites is 4. The largest absolute Gasteiger partial charge is 0.359 e. The first kappa shape index (κ1) is 29.6. The SMILES string of the molecule is CC1C2=CC=CC1B1c3cccc4c3N(c3ccccc3S4)C3CC(N(C4=CCCC=C4)c4ccccc4)C=C(Nc4ccccc4S2)C13. The van der Waals surface area contributed by atoms with Crippen LogP contribution in [0.3, 0.4) is 0 Å². The van der Waals surface area contributed by atoms with Crippen LogP contribution in [0.15, 0.2) is 171 Å². The molecular weight excluding hydrogens is 633 g/mol. The zero-order valence-electron chi connectivity index (χ0n) is 27.6. The predicted molar refractivity (Wildman–Crippen MR) is 210 cm³/mol. The Morgan fingerprint density at radius 2 is 1.65 bits per heavy atom.